The zero-order valence-corrected chi connectivity index (χ0v) is 13.4. The van der Waals surface area contributed by atoms with Crippen LogP contribution in [-0.4, -0.2) is 24.2 Å². The van der Waals surface area contributed by atoms with Crippen molar-refractivity contribution in [3.63, 3.8) is 0 Å². The topological polar surface area (TPSA) is 47.1 Å². The molecule has 4 nitrogen and oxygen atoms in total. The number of aromatic amines is 1. The molecular formula is C16H15BrN2O2. The van der Waals surface area contributed by atoms with Crippen LogP contribution >= 0.6 is 15.9 Å². The van der Waals surface area contributed by atoms with Gasteiger partial charge in [-0.25, -0.2) is 4.98 Å². The van der Waals surface area contributed by atoms with Crippen LogP contribution in [0.1, 0.15) is 11.4 Å². The Morgan fingerprint density at radius 2 is 1.71 bits per heavy atom. The first-order valence-corrected chi connectivity index (χ1v) is 7.34. The molecule has 2 aromatic carbocycles. The van der Waals surface area contributed by atoms with Crippen LogP contribution in [-0.2, 0) is 6.42 Å². The van der Waals surface area contributed by atoms with Gasteiger partial charge < -0.3 is 14.5 Å². The lowest BCUT2D eigenvalue weighted by Crippen LogP contribution is -1.89. The number of H-pyrrole nitrogens is 1. The normalized spacial score (nSPS) is 10.8. The van der Waals surface area contributed by atoms with Crippen LogP contribution in [0.25, 0.3) is 11.0 Å². The van der Waals surface area contributed by atoms with Crippen LogP contribution in [0, 0.1) is 0 Å². The van der Waals surface area contributed by atoms with Crippen molar-refractivity contribution in [3.05, 3.63) is 52.3 Å². The molecule has 1 heterocycles. The van der Waals surface area contributed by atoms with E-state index in [1.165, 1.54) is 5.56 Å². The molecule has 0 spiro atoms. The van der Waals surface area contributed by atoms with E-state index in [1.54, 1.807) is 14.2 Å². The second-order valence-corrected chi connectivity index (χ2v) is 5.63. The fraction of sp³-hybridized carbons (Fsp3) is 0.188. The van der Waals surface area contributed by atoms with Crippen LogP contribution in [0.5, 0.6) is 11.5 Å². The quantitative estimate of drug-likeness (QED) is 0.778. The predicted molar refractivity (Wildman–Crippen MR) is 86.1 cm³/mol. The van der Waals surface area contributed by atoms with Crippen LogP contribution < -0.4 is 9.47 Å². The van der Waals surface area contributed by atoms with E-state index in [1.807, 2.05) is 24.3 Å². The molecule has 1 aromatic heterocycles. The lowest BCUT2D eigenvalue weighted by molar-refractivity contribution is 0.356. The lowest BCUT2D eigenvalue weighted by Gasteiger charge is -2.06. The fourth-order valence-electron chi connectivity index (χ4n) is 2.27. The molecule has 0 aliphatic heterocycles. The number of fused-ring (bicyclic) bond motifs is 1. The molecule has 3 rings (SSSR count). The minimum absolute atomic E-state index is 0.687. The summed E-state index contributed by atoms with van der Waals surface area (Å²) in [6.07, 6.45) is 0.757. The summed E-state index contributed by atoms with van der Waals surface area (Å²) < 4.78 is 11.7. The molecule has 0 saturated heterocycles. The molecule has 5 heteroatoms. The monoisotopic (exact) mass is 346 g/mol. The van der Waals surface area contributed by atoms with Crippen molar-refractivity contribution in [1.29, 1.82) is 0 Å². The SMILES string of the molecule is COc1cc2nc(Cc3ccc(Br)cc3)[nH]c2cc1OC. The molecule has 21 heavy (non-hydrogen) atoms. The third-order valence-corrected chi connectivity index (χ3v) is 3.85. The highest BCUT2D eigenvalue weighted by molar-refractivity contribution is 9.10. The molecule has 0 aliphatic carbocycles. The number of halogens is 1. The van der Waals surface area contributed by atoms with Gasteiger partial charge in [0, 0.05) is 23.0 Å². The van der Waals surface area contributed by atoms with Crippen molar-refractivity contribution in [2.24, 2.45) is 0 Å². The number of aromatic nitrogens is 2. The molecule has 0 radical (unpaired) electrons. The Labute approximate surface area is 131 Å². The third-order valence-electron chi connectivity index (χ3n) is 3.32. The molecule has 0 unspecified atom stereocenters. The largest absolute Gasteiger partial charge is 0.493 e. The van der Waals surface area contributed by atoms with E-state index < -0.39 is 0 Å². The number of hydrogen-bond acceptors (Lipinski definition) is 3. The van der Waals surface area contributed by atoms with Crippen LogP contribution in [0.15, 0.2) is 40.9 Å². The molecule has 3 aromatic rings. The molecule has 0 amide bonds. The summed E-state index contributed by atoms with van der Waals surface area (Å²) in [7, 11) is 3.25. The Balaban J connectivity index is 1.95. The van der Waals surface area contributed by atoms with Crippen LogP contribution in [0.3, 0.4) is 0 Å². The Hall–Kier alpha value is -2.01. The Morgan fingerprint density at radius 3 is 2.38 bits per heavy atom. The van der Waals surface area contributed by atoms with Gasteiger partial charge in [0.05, 0.1) is 25.3 Å². The molecular weight excluding hydrogens is 332 g/mol. The van der Waals surface area contributed by atoms with Crippen LogP contribution in [0.2, 0.25) is 0 Å². The Bertz CT molecular complexity index is 725. The van der Waals surface area contributed by atoms with Gasteiger partial charge in [0.15, 0.2) is 11.5 Å². The van der Waals surface area contributed by atoms with Gasteiger partial charge >= 0.3 is 0 Å². The number of imidazole rings is 1. The summed E-state index contributed by atoms with van der Waals surface area (Å²) in [5, 5.41) is 0. The number of nitrogens with zero attached hydrogens (tertiary/aromatic N) is 1. The van der Waals surface area contributed by atoms with Crippen molar-refractivity contribution >= 4 is 27.0 Å². The smallest absolute Gasteiger partial charge is 0.163 e. The van der Waals surface area contributed by atoms with Gasteiger partial charge in [-0.05, 0) is 17.7 Å². The second-order valence-electron chi connectivity index (χ2n) is 4.71. The van der Waals surface area contributed by atoms with Crippen molar-refractivity contribution in [2.45, 2.75) is 6.42 Å². The standard InChI is InChI=1S/C16H15BrN2O2/c1-20-14-8-12-13(9-15(14)21-2)19-16(18-12)7-10-3-5-11(17)6-4-10/h3-6,8-9H,7H2,1-2H3,(H,18,19). The summed E-state index contributed by atoms with van der Waals surface area (Å²) in [5.41, 5.74) is 3.02. The summed E-state index contributed by atoms with van der Waals surface area (Å²) >= 11 is 3.44. The predicted octanol–water partition coefficient (Wildman–Crippen LogP) is 3.93. The minimum Gasteiger partial charge on any atom is -0.493 e. The van der Waals surface area contributed by atoms with E-state index in [4.69, 9.17) is 9.47 Å². The van der Waals surface area contributed by atoms with E-state index >= 15 is 0 Å². The number of hydrogen-bond donors (Lipinski definition) is 1. The summed E-state index contributed by atoms with van der Waals surface area (Å²) in [6.45, 7) is 0. The van der Waals surface area contributed by atoms with E-state index in [0.717, 1.165) is 27.8 Å². The first-order valence-electron chi connectivity index (χ1n) is 6.54. The van der Waals surface area contributed by atoms with E-state index in [2.05, 4.69) is 38.0 Å². The average Bonchev–Trinajstić information content (AvgIpc) is 2.89. The van der Waals surface area contributed by atoms with E-state index in [9.17, 15) is 0 Å². The van der Waals surface area contributed by atoms with Gasteiger partial charge in [-0.3, -0.25) is 0 Å². The molecule has 0 bridgehead atoms. The Kier molecular flexibility index (Phi) is 3.84. The third kappa shape index (κ3) is 2.88. The number of ether oxygens (including phenoxy) is 2. The number of benzene rings is 2. The maximum atomic E-state index is 5.31. The number of rotatable bonds is 4. The maximum absolute atomic E-state index is 5.31. The lowest BCUT2D eigenvalue weighted by atomic mass is 10.1. The zero-order chi connectivity index (χ0) is 14.8. The van der Waals surface area contributed by atoms with Crippen molar-refractivity contribution in [2.75, 3.05) is 14.2 Å². The molecule has 0 fully saturated rings. The number of methoxy groups -OCH3 is 2. The van der Waals surface area contributed by atoms with Gasteiger partial charge in [-0.2, -0.15) is 0 Å². The van der Waals surface area contributed by atoms with Crippen molar-refractivity contribution in [3.8, 4) is 11.5 Å². The van der Waals surface area contributed by atoms with Crippen molar-refractivity contribution in [1.82, 2.24) is 9.97 Å². The average molecular weight is 347 g/mol. The molecule has 0 atom stereocenters. The molecule has 0 aliphatic rings. The highest BCUT2D eigenvalue weighted by Crippen LogP contribution is 2.31. The summed E-state index contributed by atoms with van der Waals surface area (Å²) in [6, 6.07) is 12.0. The Morgan fingerprint density at radius 1 is 1.05 bits per heavy atom. The molecule has 0 saturated carbocycles. The number of nitrogens with one attached hydrogen (secondary N) is 1. The highest BCUT2D eigenvalue weighted by Gasteiger charge is 2.10. The first-order chi connectivity index (χ1) is 10.2. The molecule has 1 N–H and O–H groups in total. The maximum Gasteiger partial charge on any atom is 0.163 e. The van der Waals surface area contributed by atoms with E-state index in [0.29, 0.717) is 11.5 Å². The van der Waals surface area contributed by atoms with Gasteiger partial charge in [0.25, 0.3) is 0 Å². The fourth-order valence-corrected chi connectivity index (χ4v) is 2.53. The zero-order valence-electron chi connectivity index (χ0n) is 11.8. The second kappa shape index (κ2) is 5.77. The van der Waals surface area contributed by atoms with Gasteiger partial charge in [-0.15, -0.1) is 0 Å². The van der Waals surface area contributed by atoms with Gasteiger partial charge in [0.2, 0.25) is 0 Å². The summed E-state index contributed by atoms with van der Waals surface area (Å²) in [5.74, 6) is 2.30. The van der Waals surface area contributed by atoms with Gasteiger partial charge in [0.1, 0.15) is 5.82 Å². The molecule has 108 valence electrons. The van der Waals surface area contributed by atoms with Crippen LogP contribution in [0.4, 0.5) is 0 Å². The summed E-state index contributed by atoms with van der Waals surface area (Å²) in [4.78, 5) is 7.94. The minimum atomic E-state index is 0.687. The van der Waals surface area contributed by atoms with E-state index in [-0.39, 0.29) is 0 Å². The van der Waals surface area contributed by atoms with Gasteiger partial charge in [-0.1, -0.05) is 28.1 Å². The van der Waals surface area contributed by atoms with Crippen molar-refractivity contribution < 1.29 is 9.47 Å². The first kappa shape index (κ1) is 13.9. The highest BCUT2D eigenvalue weighted by atomic mass is 79.9.